The normalized spacial score (nSPS) is 10.5. The van der Waals surface area contributed by atoms with E-state index >= 15 is 0 Å². The highest BCUT2D eigenvalue weighted by molar-refractivity contribution is 5.77. The molecule has 0 fully saturated rings. The first-order valence-corrected chi connectivity index (χ1v) is 9.82. The van der Waals surface area contributed by atoms with Crippen LogP contribution in [0.3, 0.4) is 0 Å². The van der Waals surface area contributed by atoms with Crippen LogP contribution in [0.5, 0.6) is 11.5 Å². The zero-order valence-electron chi connectivity index (χ0n) is 17.1. The fraction of sp³-hybridized carbons (Fsp3) is 0.261. The lowest BCUT2D eigenvalue weighted by atomic mass is 10.1. The Balaban J connectivity index is 1.49. The van der Waals surface area contributed by atoms with Gasteiger partial charge in [-0.25, -0.2) is 4.68 Å². The van der Waals surface area contributed by atoms with Crippen molar-refractivity contribution in [3.8, 4) is 22.8 Å². The Morgan fingerprint density at radius 1 is 0.967 bits per heavy atom. The van der Waals surface area contributed by atoms with Gasteiger partial charge in [-0.2, -0.15) is 5.10 Å². The van der Waals surface area contributed by atoms with Gasteiger partial charge in [-0.05, 0) is 44.2 Å². The number of aromatic nitrogens is 2. The van der Waals surface area contributed by atoms with Gasteiger partial charge >= 0.3 is 0 Å². The first kappa shape index (κ1) is 21.1. The lowest BCUT2D eigenvalue weighted by Gasteiger charge is -2.10. The number of benzene rings is 2. The highest BCUT2D eigenvalue weighted by Gasteiger charge is 2.06. The fourth-order valence-corrected chi connectivity index (χ4v) is 2.79. The van der Waals surface area contributed by atoms with Crippen LogP contribution in [0.1, 0.15) is 12.5 Å². The molecule has 1 N–H and O–H groups in total. The van der Waals surface area contributed by atoms with Crippen molar-refractivity contribution in [3.05, 3.63) is 76.6 Å². The van der Waals surface area contributed by atoms with Crippen LogP contribution in [0.15, 0.2) is 65.5 Å². The first-order chi connectivity index (χ1) is 14.5. The summed E-state index contributed by atoms with van der Waals surface area (Å²) >= 11 is 0. The summed E-state index contributed by atoms with van der Waals surface area (Å²) in [6, 6.07) is 18.2. The number of ether oxygens (including phenoxy) is 2. The predicted octanol–water partition coefficient (Wildman–Crippen LogP) is 2.81. The van der Waals surface area contributed by atoms with Gasteiger partial charge in [-0.3, -0.25) is 9.59 Å². The van der Waals surface area contributed by atoms with E-state index in [1.807, 2.05) is 38.1 Å². The molecule has 30 heavy (non-hydrogen) atoms. The van der Waals surface area contributed by atoms with Gasteiger partial charge in [0.1, 0.15) is 11.5 Å². The number of rotatable bonds is 9. The summed E-state index contributed by atoms with van der Waals surface area (Å²) in [5.41, 5.74) is 2.58. The number of amides is 1. The quantitative estimate of drug-likeness (QED) is 0.590. The smallest absolute Gasteiger partial charge is 0.266 e. The summed E-state index contributed by atoms with van der Waals surface area (Å²) in [5, 5.41) is 7.13. The number of nitrogens with one attached hydrogen (secondary N) is 1. The molecule has 0 saturated heterocycles. The number of hydrogen-bond acceptors (Lipinski definition) is 5. The van der Waals surface area contributed by atoms with Crippen LogP contribution in [-0.2, 0) is 11.3 Å². The molecule has 0 atom stereocenters. The van der Waals surface area contributed by atoms with Crippen molar-refractivity contribution in [1.29, 1.82) is 0 Å². The molecule has 1 heterocycles. The molecule has 0 bridgehead atoms. The van der Waals surface area contributed by atoms with E-state index in [1.165, 1.54) is 10.7 Å². The summed E-state index contributed by atoms with van der Waals surface area (Å²) in [4.78, 5) is 24.1. The highest BCUT2D eigenvalue weighted by atomic mass is 16.5. The van der Waals surface area contributed by atoms with Crippen molar-refractivity contribution in [3.63, 3.8) is 0 Å². The van der Waals surface area contributed by atoms with Crippen LogP contribution >= 0.6 is 0 Å². The average molecular weight is 407 g/mol. The van der Waals surface area contributed by atoms with Gasteiger partial charge in [-0.15, -0.1) is 0 Å². The summed E-state index contributed by atoms with van der Waals surface area (Å²) in [5.74, 6) is 1.06. The number of hydrogen-bond donors (Lipinski definition) is 1. The van der Waals surface area contributed by atoms with Crippen molar-refractivity contribution in [1.82, 2.24) is 15.1 Å². The largest absolute Gasteiger partial charge is 0.494 e. The molecule has 0 aliphatic heterocycles. The summed E-state index contributed by atoms with van der Waals surface area (Å²) < 4.78 is 12.2. The van der Waals surface area contributed by atoms with E-state index in [9.17, 15) is 9.59 Å². The zero-order valence-corrected chi connectivity index (χ0v) is 17.1. The van der Waals surface area contributed by atoms with Crippen LogP contribution in [0, 0.1) is 6.92 Å². The van der Waals surface area contributed by atoms with Crippen molar-refractivity contribution in [2.24, 2.45) is 0 Å². The molecule has 1 amide bonds. The topological polar surface area (TPSA) is 82.4 Å². The Hall–Kier alpha value is -3.61. The van der Waals surface area contributed by atoms with Gasteiger partial charge in [0, 0.05) is 18.2 Å². The molecule has 7 nitrogen and oxygen atoms in total. The van der Waals surface area contributed by atoms with Crippen LogP contribution in [0.25, 0.3) is 11.3 Å². The molecule has 3 rings (SSSR count). The van der Waals surface area contributed by atoms with Crippen LogP contribution < -0.4 is 20.3 Å². The Kier molecular flexibility index (Phi) is 7.21. The number of carbonyl (C=O) groups excluding carboxylic acids is 1. The number of carbonyl (C=O) groups is 1. The standard InChI is InChI=1S/C23H25N3O4/c1-3-29-19-8-10-20(11-9-19)30-16-22(27)24-14-15-26-23(28)13-12-21(25-26)18-6-4-17(2)5-7-18/h4-13H,3,14-16H2,1-2H3,(H,24,27). The van der Waals surface area contributed by atoms with Crippen molar-refractivity contribution in [2.45, 2.75) is 20.4 Å². The summed E-state index contributed by atoms with van der Waals surface area (Å²) in [6.45, 7) is 4.95. The van der Waals surface area contributed by atoms with E-state index in [2.05, 4.69) is 10.4 Å². The maximum absolute atomic E-state index is 12.1. The maximum atomic E-state index is 12.1. The third kappa shape index (κ3) is 5.94. The van der Waals surface area contributed by atoms with Crippen molar-refractivity contribution < 1.29 is 14.3 Å². The number of aryl methyl sites for hydroxylation is 1. The predicted molar refractivity (Wildman–Crippen MR) is 115 cm³/mol. The fourth-order valence-electron chi connectivity index (χ4n) is 2.79. The lowest BCUT2D eigenvalue weighted by Crippen LogP contribution is -2.34. The van der Waals surface area contributed by atoms with Gasteiger partial charge < -0.3 is 14.8 Å². The minimum atomic E-state index is -0.272. The van der Waals surface area contributed by atoms with Crippen LogP contribution in [0.2, 0.25) is 0 Å². The zero-order chi connectivity index (χ0) is 21.3. The summed E-state index contributed by atoms with van der Waals surface area (Å²) in [7, 11) is 0. The molecular weight excluding hydrogens is 382 g/mol. The minimum Gasteiger partial charge on any atom is -0.494 e. The third-order valence-electron chi connectivity index (χ3n) is 4.36. The van der Waals surface area contributed by atoms with E-state index < -0.39 is 0 Å². The first-order valence-electron chi connectivity index (χ1n) is 9.82. The Labute approximate surface area is 175 Å². The lowest BCUT2D eigenvalue weighted by molar-refractivity contribution is -0.123. The van der Waals surface area contributed by atoms with Gasteiger partial charge in [0.05, 0.1) is 18.8 Å². The van der Waals surface area contributed by atoms with Crippen LogP contribution in [-0.4, -0.2) is 35.4 Å². The molecule has 7 heteroatoms. The molecule has 0 spiro atoms. The van der Waals surface area contributed by atoms with E-state index in [4.69, 9.17) is 9.47 Å². The second-order valence-corrected chi connectivity index (χ2v) is 6.69. The second-order valence-electron chi connectivity index (χ2n) is 6.69. The maximum Gasteiger partial charge on any atom is 0.266 e. The van der Waals surface area contributed by atoms with E-state index in [0.29, 0.717) is 18.1 Å². The Bertz CT molecular complexity index is 1030. The Morgan fingerprint density at radius 2 is 1.63 bits per heavy atom. The van der Waals surface area contributed by atoms with Gasteiger partial charge in [0.2, 0.25) is 0 Å². The molecular formula is C23H25N3O4. The number of nitrogens with zero attached hydrogens (tertiary/aromatic N) is 2. The monoisotopic (exact) mass is 407 g/mol. The molecule has 1 aromatic heterocycles. The van der Waals surface area contributed by atoms with Gasteiger partial charge in [-0.1, -0.05) is 29.8 Å². The third-order valence-corrected chi connectivity index (χ3v) is 4.36. The van der Waals surface area contributed by atoms with E-state index in [-0.39, 0.29) is 31.2 Å². The molecule has 2 aromatic carbocycles. The van der Waals surface area contributed by atoms with Crippen molar-refractivity contribution in [2.75, 3.05) is 19.8 Å². The Morgan fingerprint density at radius 3 is 2.30 bits per heavy atom. The second kappa shape index (κ2) is 10.2. The highest BCUT2D eigenvalue weighted by Crippen LogP contribution is 2.17. The molecule has 0 aliphatic rings. The molecule has 0 radical (unpaired) electrons. The molecule has 156 valence electrons. The van der Waals surface area contributed by atoms with Gasteiger partial charge in [0.25, 0.3) is 11.5 Å². The average Bonchev–Trinajstić information content (AvgIpc) is 2.75. The van der Waals surface area contributed by atoms with E-state index in [0.717, 1.165) is 16.9 Å². The van der Waals surface area contributed by atoms with Crippen molar-refractivity contribution >= 4 is 5.91 Å². The van der Waals surface area contributed by atoms with E-state index in [1.54, 1.807) is 30.3 Å². The molecule has 0 aliphatic carbocycles. The SMILES string of the molecule is CCOc1ccc(OCC(=O)NCCn2nc(-c3ccc(C)cc3)ccc2=O)cc1. The van der Waals surface area contributed by atoms with Crippen LogP contribution in [0.4, 0.5) is 0 Å². The minimum absolute atomic E-state index is 0.111. The summed E-state index contributed by atoms with van der Waals surface area (Å²) in [6.07, 6.45) is 0. The molecule has 3 aromatic rings. The molecule has 0 unspecified atom stereocenters. The van der Waals surface area contributed by atoms with Gasteiger partial charge in [0.15, 0.2) is 6.61 Å². The molecule has 0 saturated carbocycles.